The van der Waals surface area contributed by atoms with Gasteiger partial charge in [0.05, 0.1) is 9.50 Å². The van der Waals surface area contributed by atoms with E-state index in [4.69, 9.17) is 16.3 Å². The highest BCUT2D eigenvalue weighted by Crippen LogP contribution is 2.29. The number of halogens is 2. The minimum atomic E-state index is -3.70. The standard InChI is InChI=1S/C19H20BrClN2O4S/c20-15-6-2-3-7-17(15)27-13-19(24)22-14-8-9-16(21)18(12-14)28(25,26)23-10-4-1-5-11-23/h2-3,6-9,12H,1,4-5,10-11,13H2,(H,22,24). The molecule has 0 saturated carbocycles. The Hall–Kier alpha value is -1.61. The normalized spacial score (nSPS) is 15.2. The summed E-state index contributed by atoms with van der Waals surface area (Å²) in [5.41, 5.74) is 0.348. The van der Waals surface area contributed by atoms with E-state index in [9.17, 15) is 13.2 Å². The Balaban J connectivity index is 1.70. The van der Waals surface area contributed by atoms with Crippen LogP contribution in [-0.4, -0.2) is 38.3 Å². The van der Waals surface area contributed by atoms with Gasteiger partial charge in [-0.3, -0.25) is 4.79 Å². The number of benzene rings is 2. The van der Waals surface area contributed by atoms with Crippen LogP contribution in [0.5, 0.6) is 5.75 Å². The molecule has 1 aliphatic heterocycles. The maximum absolute atomic E-state index is 12.9. The third-order valence-electron chi connectivity index (χ3n) is 4.34. The van der Waals surface area contributed by atoms with Crippen LogP contribution in [0.25, 0.3) is 0 Å². The molecule has 1 fully saturated rings. The van der Waals surface area contributed by atoms with Crippen molar-refractivity contribution in [3.8, 4) is 5.75 Å². The van der Waals surface area contributed by atoms with Gasteiger partial charge < -0.3 is 10.1 Å². The number of hydrogen-bond acceptors (Lipinski definition) is 4. The third kappa shape index (κ3) is 5.05. The second-order valence-electron chi connectivity index (χ2n) is 6.38. The maximum atomic E-state index is 12.9. The van der Waals surface area contributed by atoms with Crippen molar-refractivity contribution in [1.82, 2.24) is 4.31 Å². The number of hydrogen-bond donors (Lipinski definition) is 1. The second-order valence-corrected chi connectivity index (χ2v) is 9.55. The number of sulfonamides is 1. The largest absolute Gasteiger partial charge is 0.483 e. The fraction of sp³-hybridized carbons (Fsp3) is 0.316. The zero-order valence-electron chi connectivity index (χ0n) is 15.0. The second kappa shape index (κ2) is 9.26. The highest BCUT2D eigenvalue weighted by atomic mass is 79.9. The van der Waals surface area contributed by atoms with E-state index in [0.29, 0.717) is 24.5 Å². The fourth-order valence-corrected chi connectivity index (χ4v) is 5.34. The molecular weight excluding hydrogens is 468 g/mol. The summed E-state index contributed by atoms with van der Waals surface area (Å²) in [5.74, 6) is 0.140. The number of carbonyl (C=O) groups excluding carboxylic acids is 1. The molecule has 0 radical (unpaired) electrons. The molecule has 1 N–H and O–H groups in total. The first-order valence-corrected chi connectivity index (χ1v) is 11.5. The Morgan fingerprint density at radius 3 is 2.57 bits per heavy atom. The summed E-state index contributed by atoms with van der Waals surface area (Å²) >= 11 is 9.49. The lowest BCUT2D eigenvalue weighted by Crippen LogP contribution is -2.35. The number of anilines is 1. The molecule has 1 amide bonds. The summed E-state index contributed by atoms with van der Waals surface area (Å²) in [4.78, 5) is 12.2. The number of piperidine rings is 1. The molecule has 2 aromatic carbocycles. The average molecular weight is 488 g/mol. The van der Waals surface area contributed by atoms with Crippen molar-refractivity contribution in [3.63, 3.8) is 0 Å². The molecule has 9 heteroatoms. The van der Waals surface area contributed by atoms with Crippen molar-refractivity contribution in [1.29, 1.82) is 0 Å². The first-order valence-electron chi connectivity index (χ1n) is 8.85. The highest BCUT2D eigenvalue weighted by Gasteiger charge is 2.28. The Kier molecular flexibility index (Phi) is 6.98. The molecule has 0 aliphatic carbocycles. The molecule has 0 bridgehead atoms. The van der Waals surface area contributed by atoms with Crippen LogP contribution >= 0.6 is 27.5 Å². The van der Waals surface area contributed by atoms with Gasteiger partial charge in [0, 0.05) is 18.8 Å². The van der Waals surface area contributed by atoms with Crippen LogP contribution in [-0.2, 0) is 14.8 Å². The summed E-state index contributed by atoms with van der Waals surface area (Å²) in [6, 6.07) is 11.6. The summed E-state index contributed by atoms with van der Waals surface area (Å²) < 4.78 is 33.4. The predicted octanol–water partition coefficient (Wildman–Crippen LogP) is 4.29. The quantitative estimate of drug-likeness (QED) is 0.659. The Bertz CT molecular complexity index is 962. The molecule has 0 spiro atoms. The van der Waals surface area contributed by atoms with E-state index in [2.05, 4.69) is 21.2 Å². The lowest BCUT2D eigenvalue weighted by Gasteiger charge is -2.26. The van der Waals surface area contributed by atoms with Gasteiger partial charge in [0.15, 0.2) is 6.61 Å². The highest BCUT2D eigenvalue weighted by molar-refractivity contribution is 9.10. The van der Waals surface area contributed by atoms with E-state index in [0.717, 1.165) is 23.7 Å². The average Bonchev–Trinajstić information content (AvgIpc) is 2.69. The number of para-hydroxylation sites is 1. The fourth-order valence-electron chi connectivity index (χ4n) is 2.93. The van der Waals surface area contributed by atoms with E-state index in [1.165, 1.54) is 16.4 Å². The van der Waals surface area contributed by atoms with Crippen molar-refractivity contribution in [2.45, 2.75) is 24.2 Å². The van der Waals surface area contributed by atoms with Crippen molar-refractivity contribution >= 4 is 49.1 Å². The third-order valence-corrected chi connectivity index (χ3v) is 7.38. The summed E-state index contributed by atoms with van der Waals surface area (Å²) in [7, 11) is -3.70. The molecule has 1 saturated heterocycles. The first-order chi connectivity index (χ1) is 13.4. The van der Waals surface area contributed by atoms with Gasteiger partial charge in [-0.25, -0.2) is 8.42 Å². The molecule has 3 rings (SSSR count). The van der Waals surface area contributed by atoms with Crippen LogP contribution in [0.1, 0.15) is 19.3 Å². The number of ether oxygens (including phenoxy) is 1. The Labute approximate surface area is 178 Å². The van der Waals surface area contributed by atoms with Gasteiger partial charge in [0.1, 0.15) is 10.6 Å². The number of rotatable bonds is 6. The van der Waals surface area contributed by atoms with Crippen LogP contribution in [0.2, 0.25) is 5.02 Å². The van der Waals surface area contributed by atoms with Crippen LogP contribution in [0.3, 0.4) is 0 Å². The van der Waals surface area contributed by atoms with Crippen molar-refractivity contribution in [3.05, 3.63) is 52.0 Å². The van der Waals surface area contributed by atoms with Crippen molar-refractivity contribution in [2.24, 2.45) is 0 Å². The molecule has 0 unspecified atom stereocenters. The molecule has 0 atom stereocenters. The van der Waals surface area contributed by atoms with E-state index in [-0.39, 0.29) is 16.5 Å². The SMILES string of the molecule is O=C(COc1ccccc1Br)Nc1ccc(Cl)c(S(=O)(=O)N2CCCCC2)c1. The summed E-state index contributed by atoms with van der Waals surface area (Å²) in [6.45, 7) is 0.754. The van der Waals surface area contributed by atoms with Crippen LogP contribution < -0.4 is 10.1 Å². The Morgan fingerprint density at radius 1 is 1.14 bits per heavy atom. The van der Waals surface area contributed by atoms with E-state index < -0.39 is 15.9 Å². The molecule has 6 nitrogen and oxygen atoms in total. The molecule has 1 heterocycles. The van der Waals surface area contributed by atoms with Gasteiger partial charge in [-0.05, 0) is 59.1 Å². The predicted molar refractivity (Wildman–Crippen MR) is 112 cm³/mol. The molecule has 1 aliphatic rings. The zero-order valence-corrected chi connectivity index (χ0v) is 18.2. The number of nitrogens with zero attached hydrogens (tertiary/aromatic N) is 1. The van der Waals surface area contributed by atoms with Crippen LogP contribution in [0.15, 0.2) is 51.8 Å². The van der Waals surface area contributed by atoms with Gasteiger partial charge in [0.2, 0.25) is 10.0 Å². The monoisotopic (exact) mass is 486 g/mol. The van der Waals surface area contributed by atoms with Gasteiger partial charge in [-0.15, -0.1) is 0 Å². The van der Waals surface area contributed by atoms with Gasteiger partial charge in [-0.2, -0.15) is 4.31 Å². The summed E-state index contributed by atoms with van der Waals surface area (Å²) in [5, 5.41) is 2.79. The first kappa shape index (κ1) is 21.1. The molecule has 150 valence electrons. The number of nitrogens with one attached hydrogen (secondary N) is 1. The van der Waals surface area contributed by atoms with E-state index >= 15 is 0 Å². The van der Waals surface area contributed by atoms with Crippen molar-refractivity contribution in [2.75, 3.05) is 25.0 Å². The summed E-state index contributed by atoms with van der Waals surface area (Å²) in [6.07, 6.45) is 2.69. The van der Waals surface area contributed by atoms with Crippen LogP contribution in [0.4, 0.5) is 5.69 Å². The number of amides is 1. The lowest BCUT2D eigenvalue weighted by molar-refractivity contribution is -0.118. The van der Waals surface area contributed by atoms with Crippen LogP contribution in [0, 0.1) is 0 Å². The smallest absolute Gasteiger partial charge is 0.262 e. The maximum Gasteiger partial charge on any atom is 0.262 e. The lowest BCUT2D eigenvalue weighted by atomic mass is 10.2. The zero-order chi connectivity index (χ0) is 20.1. The van der Waals surface area contributed by atoms with Crippen molar-refractivity contribution < 1.29 is 17.9 Å². The molecule has 2 aromatic rings. The molecule has 0 aromatic heterocycles. The van der Waals surface area contributed by atoms with Gasteiger partial charge in [0.25, 0.3) is 5.91 Å². The minimum absolute atomic E-state index is 0.000545. The Morgan fingerprint density at radius 2 is 1.86 bits per heavy atom. The topological polar surface area (TPSA) is 75.7 Å². The van der Waals surface area contributed by atoms with Gasteiger partial charge >= 0.3 is 0 Å². The number of carbonyl (C=O) groups is 1. The van der Waals surface area contributed by atoms with E-state index in [1.54, 1.807) is 18.2 Å². The molecule has 28 heavy (non-hydrogen) atoms. The van der Waals surface area contributed by atoms with Gasteiger partial charge in [-0.1, -0.05) is 30.2 Å². The molecular formula is C19H20BrClN2O4S. The minimum Gasteiger partial charge on any atom is -0.483 e. The van der Waals surface area contributed by atoms with E-state index in [1.807, 2.05) is 12.1 Å².